The van der Waals surface area contributed by atoms with Crippen LogP contribution in [0.3, 0.4) is 0 Å². The number of para-hydroxylation sites is 2. The number of nitriles is 1. The summed E-state index contributed by atoms with van der Waals surface area (Å²) in [6.45, 7) is 2.68. The lowest BCUT2D eigenvalue weighted by Gasteiger charge is -2.02. The molecule has 0 saturated carbocycles. The van der Waals surface area contributed by atoms with Crippen LogP contribution in [0.5, 0.6) is 0 Å². The van der Waals surface area contributed by atoms with E-state index in [0.717, 1.165) is 11.0 Å². The third-order valence-electron chi connectivity index (χ3n) is 2.42. The Morgan fingerprint density at radius 1 is 1.59 bits per heavy atom. The monoisotopic (exact) mass is 246 g/mol. The van der Waals surface area contributed by atoms with E-state index in [9.17, 15) is 0 Å². The van der Waals surface area contributed by atoms with Crippen molar-refractivity contribution in [2.24, 2.45) is 5.16 Å². The van der Waals surface area contributed by atoms with E-state index in [1.807, 2.05) is 41.8 Å². The van der Waals surface area contributed by atoms with E-state index in [2.05, 4.69) is 27.3 Å². The molecule has 6 heteroatoms. The second-order valence-electron chi connectivity index (χ2n) is 3.30. The Morgan fingerprint density at radius 3 is 3.00 bits per heavy atom. The molecule has 0 saturated heterocycles. The summed E-state index contributed by atoms with van der Waals surface area (Å²) < 4.78 is 6.26. The average molecular weight is 246 g/mol. The molecular weight excluding hydrogens is 236 g/mol. The minimum Gasteiger partial charge on any atom is -0.324 e. The maximum Gasteiger partial charge on any atom is 0.223 e. The van der Waals surface area contributed by atoms with Crippen LogP contribution >= 0.6 is 12.9 Å². The molecule has 0 N–H and O–H groups in total. The van der Waals surface area contributed by atoms with Crippen molar-refractivity contribution < 1.29 is 4.28 Å². The number of nitrogens with zero attached hydrogens (tertiary/aromatic N) is 4. The van der Waals surface area contributed by atoms with Gasteiger partial charge >= 0.3 is 0 Å². The summed E-state index contributed by atoms with van der Waals surface area (Å²) in [5.74, 6) is 0.491. The Kier molecular flexibility index (Phi) is 3.30. The molecule has 17 heavy (non-hydrogen) atoms. The van der Waals surface area contributed by atoms with Crippen LogP contribution in [0.1, 0.15) is 12.7 Å². The Hall–Kier alpha value is -2.00. The van der Waals surface area contributed by atoms with Crippen LogP contribution in [-0.4, -0.2) is 15.3 Å². The lowest BCUT2D eigenvalue weighted by molar-refractivity contribution is 0.414. The zero-order valence-corrected chi connectivity index (χ0v) is 10.1. The summed E-state index contributed by atoms with van der Waals surface area (Å²) in [7, 11) is 0. The van der Waals surface area contributed by atoms with Crippen LogP contribution in [-0.2, 0) is 10.8 Å². The first-order valence-corrected chi connectivity index (χ1v) is 5.42. The second-order valence-corrected chi connectivity index (χ2v) is 3.47. The van der Waals surface area contributed by atoms with Crippen LogP contribution in [0.2, 0.25) is 0 Å². The molecule has 5 nitrogen and oxygen atoms in total. The minimum atomic E-state index is 0.109. The smallest absolute Gasteiger partial charge is 0.223 e. The predicted octanol–water partition coefficient (Wildman–Crippen LogP) is 2.15. The fraction of sp³-hybridized carbons (Fsp3) is 0.182. The highest BCUT2D eigenvalue weighted by molar-refractivity contribution is 7.75. The highest BCUT2D eigenvalue weighted by Crippen LogP contribution is 2.16. The van der Waals surface area contributed by atoms with Crippen molar-refractivity contribution in [3.63, 3.8) is 0 Å². The molecule has 0 radical (unpaired) electrons. The number of oxime groups is 1. The molecule has 1 aromatic heterocycles. The first-order chi connectivity index (χ1) is 8.31. The molecule has 0 bridgehead atoms. The molecule has 0 aliphatic heterocycles. The van der Waals surface area contributed by atoms with Gasteiger partial charge < -0.3 is 8.85 Å². The number of hydrogen-bond acceptors (Lipinski definition) is 5. The highest BCUT2D eigenvalue weighted by atomic mass is 32.1. The van der Waals surface area contributed by atoms with Crippen LogP contribution < -0.4 is 0 Å². The van der Waals surface area contributed by atoms with Gasteiger partial charge in [0.25, 0.3) is 0 Å². The van der Waals surface area contributed by atoms with E-state index >= 15 is 0 Å². The number of hydrogen-bond donors (Lipinski definition) is 1. The molecule has 1 heterocycles. The Morgan fingerprint density at radius 2 is 2.35 bits per heavy atom. The standard InChI is InChI=1S/C11H10N4OS/c1-2-15-10-6-4-3-5-8(10)13-11(15)9(7-12)14-16-17/h3-6,17H,2H2,1H3/b14-9+. The van der Waals surface area contributed by atoms with Gasteiger partial charge in [0.05, 0.1) is 23.9 Å². The Labute approximate surface area is 104 Å². The molecular formula is C11H10N4OS. The molecule has 0 atom stereocenters. The fourth-order valence-electron chi connectivity index (χ4n) is 1.73. The molecule has 0 fully saturated rings. The van der Waals surface area contributed by atoms with Crippen molar-refractivity contribution in [1.29, 1.82) is 5.26 Å². The van der Waals surface area contributed by atoms with Crippen molar-refractivity contribution in [3.05, 3.63) is 30.1 Å². The van der Waals surface area contributed by atoms with E-state index in [4.69, 9.17) is 5.26 Å². The topological polar surface area (TPSA) is 63.2 Å². The molecule has 0 aliphatic carbocycles. The zero-order valence-electron chi connectivity index (χ0n) is 9.16. The second kappa shape index (κ2) is 4.89. The van der Waals surface area contributed by atoms with E-state index in [0.29, 0.717) is 12.4 Å². The average Bonchev–Trinajstić information content (AvgIpc) is 2.74. The minimum absolute atomic E-state index is 0.109. The zero-order chi connectivity index (χ0) is 12.3. The van der Waals surface area contributed by atoms with Gasteiger partial charge in [-0.1, -0.05) is 17.3 Å². The largest absolute Gasteiger partial charge is 0.324 e. The van der Waals surface area contributed by atoms with Crippen LogP contribution in [0.4, 0.5) is 0 Å². The number of imidazole rings is 1. The van der Waals surface area contributed by atoms with Gasteiger partial charge in [-0.25, -0.2) is 4.98 Å². The molecule has 0 unspecified atom stereocenters. The lowest BCUT2D eigenvalue weighted by atomic mass is 10.3. The van der Waals surface area contributed by atoms with Crippen molar-refractivity contribution >= 4 is 29.7 Å². The molecule has 0 amide bonds. The number of thiol groups is 1. The predicted molar refractivity (Wildman–Crippen MR) is 67.6 cm³/mol. The molecule has 0 spiro atoms. The van der Waals surface area contributed by atoms with Crippen LogP contribution in [0.15, 0.2) is 29.4 Å². The van der Waals surface area contributed by atoms with Crippen LogP contribution in [0.25, 0.3) is 11.0 Å². The highest BCUT2D eigenvalue weighted by Gasteiger charge is 2.15. The Balaban J connectivity index is 2.69. The maximum atomic E-state index is 9.01. The third-order valence-corrected chi connectivity index (χ3v) is 2.50. The van der Waals surface area contributed by atoms with E-state index in [1.54, 1.807) is 0 Å². The number of aromatic nitrogens is 2. The maximum absolute atomic E-state index is 9.01. The third kappa shape index (κ3) is 1.97. The van der Waals surface area contributed by atoms with Gasteiger partial charge in [-0.15, -0.1) is 0 Å². The van der Waals surface area contributed by atoms with Crippen molar-refractivity contribution in [1.82, 2.24) is 9.55 Å². The molecule has 1 aromatic carbocycles. The normalized spacial score (nSPS) is 11.5. The summed E-state index contributed by atoms with van der Waals surface area (Å²) in [5, 5.41) is 12.6. The molecule has 86 valence electrons. The summed E-state index contributed by atoms with van der Waals surface area (Å²) in [6, 6.07) is 9.62. The Bertz CT molecular complexity index is 611. The van der Waals surface area contributed by atoms with Gasteiger partial charge in [0.15, 0.2) is 5.82 Å². The first kappa shape index (κ1) is 11.5. The van der Waals surface area contributed by atoms with Crippen LogP contribution in [0, 0.1) is 11.3 Å². The van der Waals surface area contributed by atoms with E-state index in [-0.39, 0.29) is 5.71 Å². The lowest BCUT2D eigenvalue weighted by Crippen LogP contribution is -2.08. The van der Waals surface area contributed by atoms with Crippen molar-refractivity contribution in [2.45, 2.75) is 13.5 Å². The first-order valence-electron chi connectivity index (χ1n) is 5.06. The van der Waals surface area contributed by atoms with Gasteiger partial charge in [0.1, 0.15) is 6.07 Å². The van der Waals surface area contributed by atoms with Gasteiger partial charge in [0.2, 0.25) is 5.71 Å². The molecule has 2 aromatic rings. The van der Waals surface area contributed by atoms with Gasteiger partial charge in [0, 0.05) is 6.54 Å². The SMILES string of the molecule is CCn1c(/C(C#N)=N/OS)nc2ccccc21. The van der Waals surface area contributed by atoms with E-state index < -0.39 is 0 Å². The summed E-state index contributed by atoms with van der Waals surface area (Å²) >= 11 is 3.51. The number of rotatable bonds is 3. The van der Waals surface area contributed by atoms with E-state index in [1.165, 1.54) is 0 Å². The summed E-state index contributed by atoms with van der Waals surface area (Å²) in [4.78, 5) is 4.37. The van der Waals surface area contributed by atoms with Crippen molar-refractivity contribution in [3.8, 4) is 6.07 Å². The van der Waals surface area contributed by atoms with Crippen molar-refractivity contribution in [2.75, 3.05) is 0 Å². The number of fused-ring (bicyclic) bond motifs is 1. The molecule has 0 aliphatic rings. The molecule has 2 rings (SSSR count). The number of benzene rings is 1. The quantitative estimate of drug-likeness (QED) is 0.390. The number of aryl methyl sites for hydroxylation is 1. The fourth-order valence-corrected chi connectivity index (χ4v) is 1.81. The summed E-state index contributed by atoms with van der Waals surface area (Å²) in [6.07, 6.45) is 0. The summed E-state index contributed by atoms with van der Waals surface area (Å²) in [5.41, 5.74) is 1.90. The van der Waals surface area contributed by atoms with Gasteiger partial charge in [-0.05, 0) is 19.1 Å². The van der Waals surface area contributed by atoms with Gasteiger partial charge in [-0.3, -0.25) is 0 Å². The van der Waals surface area contributed by atoms with Gasteiger partial charge in [-0.2, -0.15) is 5.26 Å².